The van der Waals surface area contributed by atoms with Crippen molar-refractivity contribution in [2.24, 2.45) is 5.92 Å². The van der Waals surface area contributed by atoms with E-state index in [2.05, 4.69) is 15.4 Å². The number of hydrogen-bond donors (Lipinski definition) is 3. The van der Waals surface area contributed by atoms with Crippen LogP contribution in [0.1, 0.15) is 20.8 Å². The normalized spacial score (nSPS) is 12.3. The standard InChI is InChI=1S/C20H25N3O5S/c1-13(2)19(23-29(26,27)16-8-6-5-7-9-16)20(25)22-15-10-11-18(28-4)17(12-15)21-14(3)24/h5-13,19,23H,1-4H3,(H,21,24)(H,22,25)/t19-/m0/s1. The van der Waals surface area contributed by atoms with Gasteiger partial charge in [0.1, 0.15) is 11.8 Å². The first kappa shape index (κ1) is 22.4. The number of rotatable bonds is 8. The first-order valence-electron chi connectivity index (χ1n) is 8.98. The summed E-state index contributed by atoms with van der Waals surface area (Å²) in [7, 11) is -2.40. The molecule has 156 valence electrons. The molecule has 0 unspecified atom stereocenters. The molecule has 0 heterocycles. The minimum absolute atomic E-state index is 0.0795. The van der Waals surface area contributed by atoms with Gasteiger partial charge in [-0.15, -0.1) is 0 Å². The summed E-state index contributed by atoms with van der Waals surface area (Å²) in [4.78, 5) is 24.2. The smallest absolute Gasteiger partial charge is 0.242 e. The molecule has 0 fully saturated rings. The summed E-state index contributed by atoms with van der Waals surface area (Å²) in [6.45, 7) is 4.85. The van der Waals surface area contributed by atoms with E-state index < -0.39 is 22.0 Å². The van der Waals surface area contributed by atoms with Gasteiger partial charge in [0.15, 0.2) is 0 Å². The number of sulfonamides is 1. The third-order valence-corrected chi connectivity index (χ3v) is 5.52. The number of anilines is 2. The highest BCUT2D eigenvalue weighted by atomic mass is 32.2. The van der Waals surface area contributed by atoms with Crippen LogP contribution in [0, 0.1) is 5.92 Å². The zero-order valence-electron chi connectivity index (χ0n) is 16.7. The molecule has 0 spiro atoms. The van der Waals surface area contributed by atoms with Crippen molar-refractivity contribution < 1.29 is 22.7 Å². The molecule has 1 atom stereocenters. The van der Waals surface area contributed by atoms with Crippen LogP contribution in [0.25, 0.3) is 0 Å². The van der Waals surface area contributed by atoms with Crippen molar-refractivity contribution in [2.75, 3.05) is 17.7 Å². The highest BCUT2D eigenvalue weighted by Crippen LogP contribution is 2.28. The molecule has 0 aliphatic rings. The number of nitrogens with one attached hydrogen (secondary N) is 3. The summed E-state index contributed by atoms with van der Waals surface area (Å²) in [5, 5.41) is 5.31. The molecule has 3 N–H and O–H groups in total. The summed E-state index contributed by atoms with van der Waals surface area (Å²) >= 11 is 0. The van der Waals surface area contributed by atoms with Crippen LogP contribution >= 0.6 is 0 Å². The molecule has 29 heavy (non-hydrogen) atoms. The second-order valence-electron chi connectivity index (χ2n) is 6.74. The minimum Gasteiger partial charge on any atom is -0.495 e. The van der Waals surface area contributed by atoms with E-state index >= 15 is 0 Å². The quantitative estimate of drug-likeness (QED) is 0.609. The molecule has 0 aliphatic heterocycles. The zero-order chi connectivity index (χ0) is 21.6. The molecule has 2 rings (SSSR count). The first-order valence-corrected chi connectivity index (χ1v) is 10.5. The molecular formula is C20H25N3O5S. The van der Waals surface area contributed by atoms with E-state index in [9.17, 15) is 18.0 Å². The van der Waals surface area contributed by atoms with Crippen molar-refractivity contribution in [3.05, 3.63) is 48.5 Å². The summed E-state index contributed by atoms with van der Waals surface area (Å²) in [5.74, 6) is -0.675. The highest BCUT2D eigenvalue weighted by Gasteiger charge is 2.28. The minimum atomic E-state index is -3.86. The van der Waals surface area contributed by atoms with Crippen molar-refractivity contribution in [2.45, 2.75) is 31.7 Å². The summed E-state index contributed by atoms with van der Waals surface area (Å²) in [6.07, 6.45) is 0. The molecule has 0 saturated heterocycles. The number of methoxy groups -OCH3 is 1. The molecule has 8 nitrogen and oxygen atoms in total. The average molecular weight is 420 g/mol. The molecule has 2 amide bonds. The van der Waals surface area contributed by atoms with Crippen LogP contribution in [0.5, 0.6) is 5.75 Å². The molecule has 0 aliphatic carbocycles. The number of amides is 2. The lowest BCUT2D eigenvalue weighted by molar-refractivity contribution is -0.118. The van der Waals surface area contributed by atoms with E-state index in [0.717, 1.165) is 0 Å². The van der Waals surface area contributed by atoms with Crippen LogP contribution in [-0.2, 0) is 19.6 Å². The van der Waals surface area contributed by atoms with Crippen LogP contribution < -0.4 is 20.1 Å². The van der Waals surface area contributed by atoms with Gasteiger partial charge in [-0.1, -0.05) is 32.0 Å². The van der Waals surface area contributed by atoms with E-state index in [0.29, 0.717) is 17.1 Å². The fourth-order valence-corrected chi connectivity index (χ4v) is 3.99. The Hall–Kier alpha value is -2.91. The van der Waals surface area contributed by atoms with Gasteiger partial charge in [0.25, 0.3) is 0 Å². The van der Waals surface area contributed by atoms with Gasteiger partial charge in [-0.25, -0.2) is 8.42 Å². The van der Waals surface area contributed by atoms with Gasteiger partial charge in [0.05, 0.1) is 17.7 Å². The van der Waals surface area contributed by atoms with Crippen molar-refractivity contribution in [1.82, 2.24) is 4.72 Å². The van der Waals surface area contributed by atoms with Gasteiger partial charge in [-0.2, -0.15) is 4.72 Å². The van der Waals surface area contributed by atoms with Gasteiger partial charge in [-0.05, 0) is 36.2 Å². The van der Waals surface area contributed by atoms with E-state index in [-0.39, 0.29) is 16.7 Å². The van der Waals surface area contributed by atoms with Gasteiger partial charge in [-0.3, -0.25) is 9.59 Å². The maximum absolute atomic E-state index is 12.8. The van der Waals surface area contributed by atoms with Crippen molar-refractivity contribution in [3.63, 3.8) is 0 Å². The predicted octanol–water partition coefficient (Wildman–Crippen LogP) is 2.60. The van der Waals surface area contributed by atoms with Gasteiger partial charge < -0.3 is 15.4 Å². The highest BCUT2D eigenvalue weighted by molar-refractivity contribution is 7.89. The fraction of sp³-hybridized carbons (Fsp3) is 0.300. The second-order valence-corrected chi connectivity index (χ2v) is 8.46. The lowest BCUT2D eigenvalue weighted by Crippen LogP contribution is -2.47. The van der Waals surface area contributed by atoms with Crippen LogP contribution in [0.15, 0.2) is 53.4 Å². The van der Waals surface area contributed by atoms with Crippen LogP contribution in [0.4, 0.5) is 11.4 Å². The van der Waals surface area contributed by atoms with Gasteiger partial charge >= 0.3 is 0 Å². The van der Waals surface area contributed by atoms with E-state index in [1.807, 2.05) is 0 Å². The Balaban J connectivity index is 2.23. The Labute approximate surface area is 170 Å². The predicted molar refractivity (Wildman–Crippen MR) is 111 cm³/mol. The maximum Gasteiger partial charge on any atom is 0.242 e. The second kappa shape index (κ2) is 9.53. The third kappa shape index (κ3) is 6.03. The fourth-order valence-electron chi connectivity index (χ4n) is 2.62. The van der Waals surface area contributed by atoms with Gasteiger partial charge in [0.2, 0.25) is 21.8 Å². The van der Waals surface area contributed by atoms with Gasteiger partial charge in [0, 0.05) is 12.6 Å². The summed E-state index contributed by atoms with van der Waals surface area (Å²) < 4.78 is 32.9. The Bertz CT molecular complexity index is 975. The number of ether oxygens (including phenoxy) is 1. The largest absolute Gasteiger partial charge is 0.495 e. The number of hydrogen-bond acceptors (Lipinski definition) is 5. The van der Waals surface area contributed by atoms with Crippen molar-refractivity contribution >= 4 is 33.2 Å². The Morgan fingerprint density at radius 1 is 1.00 bits per heavy atom. The summed E-state index contributed by atoms with van der Waals surface area (Å²) in [5.41, 5.74) is 0.785. The van der Waals surface area contributed by atoms with Crippen LogP contribution in [-0.4, -0.2) is 33.4 Å². The monoisotopic (exact) mass is 419 g/mol. The van der Waals surface area contributed by atoms with Crippen molar-refractivity contribution in [1.29, 1.82) is 0 Å². The molecule has 9 heteroatoms. The molecule has 0 radical (unpaired) electrons. The molecule has 2 aromatic carbocycles. The molecule has 2 aromatic rings. The lowest BCUT2D eigenvalue weighted by atomic mass is 10.0. The van der Waals surface area contributed by atoms with E-state index in [1.54, 1.807) is 50.2 Å². The molecule has 0 aromatic heterocycles. The molecule has 0 bridgehead atoms. The Morgan fingerprint density at radius 2 is 1.66 bits per heavy atom. The summed E-state index contributed by atoms with van der Waals surface area (Å²) in [6, 6.07) is 11.6. The molecule has 0 saturated carbocycles. The lowest BCUT2D eigenvalue weighted by Gasteiger charge is -2.22. The third-order valence-electron chi connectivity index (χ3n) is 4.06. The maximum atomic E-state index is 12.8. The van der Waals surface area contributed by atoms with Crippen LogP contribution in [0.3, 0.4) is 0 Å². The van der Waals surface area contributed by atoms with Crippen LogP contribution in [0.2, 0.25) is 0 Å². The number of carbonyl (C=O) groups excluding carboxylic acids is 2. The number of benzene rings is 2. The average Bonchev–Trinajstić information content (AvgIpc) is 2.66. The molecular weight excluding hydrogens is 394 g/mol. The zero-order valence-corrected chi connectivity index (χ0v) is 17.5. The number of carbonyl (C=O) groups is 2. The topological polar surface area (TPSA) is 114 Å². The first-order chi connectivity index (χ1) is 13.6. The van der Waals surface area contributed by atoms with E-state index in [1.165, 1.54) is 26.2 Å². The Morgan fingerprint density at radius 3 is 2.21 bits per heavy atom. The van der Waals surface area contributed by atoms with E-state index in [4.69, 9.17) is 4.74 Å². The SMILES string of the molecule is COc1ccc(NC(=O)[C@@H](NS(=O)(=O)c2ccccc2)C(C)C)cc1NC(C)=O. The van der Waals surface area contributed by atoms with Crippen molar-refractivity contribution in [3.8, 4) is 5.75 Å². The Kier molecular flexibility index (Phi) is 7.35.